The number of carbonyl (C=O) groups excluding carboxylic acids is 1. The number of anilines is 1. The van der Waals surface area contributed by atoms with Gasteiger partial charge in [-0.1, -0.05) is 11.6 Å². The molecule has 0 aromatic heterocycles. The molecule has 1 saturated carbocycles. The Bertz CT molecular complexity index is 540. The van der Waals surface area contributed by atoms with Crippen molar-refractivity contribution in [2.75, 3.05) is 12.4 Å². The number of hydrogen-bond donors (Lipinski definition) is 2. The molecule has 0 bridgehead atoms. The third kappa shape index (κ3) is 3.93. The second-order valence-electron chi connectivity index (χ2n) is 6.23. The maximum absolute atomic E-state index is 11.8. The molecule has 0 amide bonds. The van der Waals surface area contributed by atoms with Gasteiger partial charge in [-0.3, -0.25) is 0 Å². The number of benzene rings is 1. The Morgan fingerprint density at radius 1 is 1.36 bits per heavy atom. The smallest absolute Gasteiger partial charge is 0.338 e. The molecule has 22 heavy (non-hydrogen) atoms. The summed E-state index contributed by atoms with van der Waals surface area (Å²) in [7, 11) is 1.38. The normalized spacial score (nSPS) is 23.0. The fraction of sp³-hybridized carbons (Fsp3) is 0.588. The zero-order valence-corrected chi connectivity index (χ0v) is 14.2. The van der Waals surface area contributed by atoms with Gasteiger partial charge in [-0.2, -0.15) is 0 Å². The highest BCUT2D eigenvalue weighted by Gasteiger charge is 2.24. The van der Waals surface area contributed by atoms with Crippen LogP contribution in [0, 0.1) is 12.8 Å². The van der Waals surface area contributed by atoms with Crippen molar-refractivity contribution in [1.82, 2.24) is 0 Å². The molecule has 1 aromatic rings. The topological polar surface area (TPSA) is 64.3 Å². The van der Waals surface area contributed by atoms with E-state index >= 15 is 0 Å². The predicted molar refractivity (Wildman–Crippen MR) is 90.5 cm³/mol. The van der Waals surface area contributed by atoms with Crippen molar-refractivity contribution < 1.29 is 9.53 Å². The number of rotatable bonds is 4. The van der Waals surface area contributed by atoms with Gasteiger partial charge in [-0.15, -0.1) is 0 Å². The van der Waals surface area contributed by atoms with Crippen LogP contribution in [0.1, 0.15) is 48.5 Å². The van der Waals surface area contributed by atoms with Crippen LogP contribution in [0.5, 0.6) is 0 Å². The van der Waals surface area contributed by atoms with Crippen LogP contribution in [0.4, 0.5) is 5.69 Å². The summed E-state index contributed by atoms with van der Waals surface area (Å²) in [5.41, 5.74) is 8.25. The van der Waals surface area contributed by atoms with Crippen LogP contribution in [0.3, 0.4) is 0 Å². The lowest BCUT2D eigenvalue weighted by Gasteiger charge is -2.32. The number of carbonyl (C=O) groups is 1. The first-order chi connectivity index (χ1) is 10.4. The highest BCUT2D eigenvalue weighted by atomic mass is 35.5. The minimum absolute atomic E-state index is 0.315. The highest BCUT2D eigenvalue weighted by Crippen LogP contribution is 2.31. The van der Waals surface area contributed by atoms with E-state index < -0.39 is 0 Å². The molecule has 1 aromatic carbocycles. The molecule has 1 aliphatic rings. The molecule has 0 radical (unpaired) electrons. The third-order valence-electron chi connectivity index (χ3n) is 4.68. The summed E-state index contributed by atoms with van der Waals surface area (Å²) in [6, 6.07) is 4.18. The molecular weight excluding hydrogens is 300 g/mol. The van der Waals surface area contributed by atoms with Crippen LogP contribution >= 0.6 is 11.6 Å². The number of methoxy groups -OCH3 is 1. The Hall–Kier alpha value is -1.26. The van der Waals surface area contributed by atoms with Crippen molar-refractivity contribution in [2.45, 2.75) is 51.6 Å². The number of esters is 1. The monoisotopic (exact) mass is 324 g/mol. The molecule has 4 nitrogen and oxygen atoms in total. The molecule has 1 fully saturated rings. The Morgan fingerprint density at radius 2 is 2.00 bits per heavy atom. The molecule has 122 valence electrons. The summed E-state index contributed by atoms with van der Waals surface area (Å²) in [5, 5.41) is 4.06. The van der Waals surface area contributed by atoms with Gasteiger partial charge in [0.2, 0.25) is 0 Å². The zero-order chi connectivity index (χ0) is 16.3. The van der Waals surface area contributed by atoms with Gasteiger partial charge < -0.3 is 15.8 Å². The van der Waals surface area contributed by atoms with Gasteiger partial charge in [0.05, 0.1) is 12.7 Å². The predicted octanol–water partition coefficient (Wildman–Crippen LogP) is 3.75. The summed E-state index contributed by atoms with van der Waals surface area (Å²) in [4.78, 5) is 11.8. The largest absolute Gasteiger partial charge is 0.465 e. The number of hydrogen-bond acceptors (Lipinski definition) is 4. The van der Waals surface area contributed by atoms with Gasteiger partial charge in [0.15, 0.2) is 0 Å². The maximum atomic E-state index is 11.8. The molecule has 1 aliphatic carbocycles. The second kappa shape index (κ2) is 7.34. The average Bonchev–Trinajstić information content (AvgIpc) is 2.50. The first-order valence-electron chi connectivity index (χ1n) is 7.83. The van der Waals surface area contributed by atoms with E-state index in [1.807, 2.05) is 13.0 Å². The first kappa shape index (κ1) is 17.1. The van der Waals surface area contributed by atoms with Gasteiger partial charge in [0.25, 0.3) is 0 Å². The van der Waals surface area contributed by atoms with Gasteiger partial charge in [-0.25, -0.2) is 4.79 Å². The average molecular weight is 325 g/mol. The van der Waals surface area contributed by atoms with Crippen LogP contribution < -0.4 is 11.1 Å². The van der Waals surface area contributed by atoms with Crippen molar-refractivity contribution in [2.24, 2.45) is 11.7 Å². The van der Waals surface area contributed by atoms with Crippen LogP contribution in [-0.2, 0) is 4.74 Å². The second-order valence-corrected chi connectivity index (χ2v) is 6.66. The van der Waals surface area contributed by atoms with E-state index in [0.29, 0.717) is 28.6 Å². The molecule has 2 rings (SSSR count). The lowest BCUT2D eigenvalue weighted by molar-refractivity contribution is 0.0600. The van der Waals surface area contributed by atoms with E-state index in [1.165, 1.54) is 7.11 Å². The van der Waals surface area contributed by atoms with Crippen LogP contribution in [0.2, 0.25) is 5.02 Å². The minimum Gasteiger partial charge on any atom is -0.465 e. The van der Waals surface area contributed by atoms with E-state index in [-0.39, 0.29) is 5.97 Å². The number of nitrogens with two attached hydrogens (primary N) is 1. The molecular formula is C17H25ClN2O2. The molecule has 1 unspecified atom stereocenters. The number of halogens is 1. The van der Waals surface area contributed by atoms with Gasteiger partial charge in [0, 0.05) is 22.8 Å². The van der Waals surface area contributed by atoms with Gasteiger partial charge >= 0.3 is 5.97 Å². The summed E-state index contributed by atoms with van der Waals surface area (Å²) >= 11 is 6.15. The maximum Gasteiger partial charge on any atom is 0.338 e. The molecule has 0 saturated heterocycles. The zero-order valence-electron chi connectivity index (χ0n) is 13.5. The van der Waals surface area contributed by atoms with E-state index in [4.69, 9.17) is 22.1 Å². The lowest BCUT2D eigenvalue weighted by atomic mass is 9.82. The quantitative estimate of drug-likeness (QED) is 0.828. The van der Waals surface area contributed by atoms with E-state index in [0.717, 1.165) is 36.9 Å². The Kier molecular flexibility index (Phi) is 5.70. The van der Waals surface area contributed by atoms with Gasteiger partial charge in [0.1, 0.15) is 0 Å². The molecule has 0 heterocycles. The highest BCUT2D eigenvalue weighted by molar-refractivity contribution is 6.31. The minimum atomic E-state index is -0.362. The van der Waals surface area contributed by atoms with Crippen molar-refractivity contribution in [3.8, 4) is 0 Å². The number of nitrogens with one attached hydrogen (secondary N) is 1. The Morgan fingerprint density at radius 3 is 2.59 bits per heavy atom. The fourth-order valence-corrected chi connectivity index (χ4v) is 3.38. The Labute approximate surface area is 137 Å². The lowest BCUT2D eigenvalue weighted by Crippen LogP contribution is -2.34. The Balaban J connectivity index is 2.15. The molecule has 3 N–H and O–H groups in total. The molecule has 0 spiro atoms. The molecule has 5 heteroatoms. The number of ether oxygens (including phenoxy) is 1. The van der Waals surface area contributed by atoms with E-state index in [1.54, 1.807) is 6.07 Å². The summed E-state index contributed by atoms with van der Waals surface area (Å²) in [5.74, 6) is 0.235. The van der Waals surface area contributed by atoms with Crippen LogP contribution in [0.25, 0.3) is 0 Å². The fourth-order valence-electron chi connectivity index (χ4n) is 3.16. The van der Waals surface area contributed by atoms with Crippen molar-refractivity contribution in [3.05, 3.63) is 28.3 Å². The molecule has 1 atom stereocenters. The third-order valence-corrected chi connectivity index (χ3v) is 4.90. The summed E-state index contributed by atoms with van der Waals surface area (Å²) < 4.78 is 4.82. The first-order valence-corrected chi connectivity index (χ1v) is 8.20. The van der Waals surface area contributed by atoms with Crippen molar-refractivity contribution in [3.63, 3.8) is 0 Å². The van der Waals surface area contributed by atoms with E-state index in [2.05, 4.69) is 12.2 Å². The summed E-state index contributed by atoms with van der Waals surface area (Å²) in [6.07, 6.45) is 4.44. The SMILES string of the molecule is COC(=O)c1cc(Cl)cc(NC(C)C2CCC(N)CC2)c1C. The van der Waals surface area contributed by atoms with Crippen LogP contribution in [0.15, 0.2) is 12.1 Å². The van der Waals surface area contributed by atoms with Crippen molar-refractivity contribution >= 4 is 23.3 Å². The van der Waals surface area contributed by atoms with Crippen molar-refractivity contribution in [1.29, 1.82) is 0 Å². The standard InChI is InChI=1S/C17H25ClN2O2/c1-10-15(17(21)22-3)8-13(18)9-16(10)20-11(2)12-4-6-14(19)7-5-12/h8-9,11-12,14,20H,4-7,19H2,1-3H3. The molecule has 0 aliphatic heterocycles. The van der Waals surface area contributed by atoms with Gasteiger partial charge in [-0.05, 0) is 63.1 Å². The van der Waals surface area contributed by atoms with Crippen LogP contribution in [-0.4, -0.2) is 25.2 Å². The van der Waals surface area contributed by atoms with E-state index in [9.17, 15) is 4.79 Å². The summed E-state index contributed by atoms with van der Waals surface area (Å²) in [6.45, 7) is 4.09.